The minimum absolute atomic E-state index is 0.000573. The second-order valence-electron chi connectivity index (χ2n) is 6.86. The van der Waals surface area contributed by atoms with Crippen LogP contribution in [0.25, 0.3) is 0 Å². The summed E-state index contributed by atoms with van der Waals surface area (Å²) in [7, 11) is 0. The van der Waals surface area contributed by atoms with Crippen molar-refractivity contribution in [2.24, 2.45) is 17.8 Å². The van der Waals surface area contributed by atoms with Gasteiger partial charge in [0.2, 0.25) is 5.91 Å². The van der Waals surface area contributed by atoms with Crippen molar-refractivity contribution in [2.75, 3.05) is 6.54 Å². The normalized spacial score (nSPS) is 36.3. The molecule has 1 saturated carbocycles. The highest BCUT2D eigenvalue weighted by Crippen LogP contribution is 2.32. The number of hydrogen-bond acceptors (Lipinski definition) is 2. The summed E-state index contributed by atoms with van der Waals surface area (Å²) in [5, 5.41) is 3.44. The molecule has 1 aliphatic heterocycles. The summed E-state index contributed by atoms with van der Waals surface area (Å²) >= 11 is 0. The molecule has 0 aromatic carbocycles. The summed E-state index contributed by atoms with van der Waals surface area (Å²) in [4.78, 5) is 14.4. The molecule has 0 radical (unpaired) electrons. The monoisotopic (exact) mass is 266 g/mol. The molecule has 2 fully saturated rings. The Bertz CT molecular complexity index is 308. The number of amides is 1. The van der Waals surface area contributed by atoms with Crippen LogP contribution in [-0.2, 0) is 4.79 Å². The van der Waals surface area contributed by atoms with Crippen LogP contribution in [0.1, 0.15) is 59.8 Å². The third-order valence-corrected chi connectivity index (χ3v) is 5.04. The van der Waals surface area contributed by atoms with E-state index in [1.807, 2.05) is 6.92 Å². The Balaban J connectivity index is 1.92. The van der Waals surface area contributed by atoms with Gasteiger partial charge in [-0.3, -0.25) is 10.1 Å². The maximum atomic E-state index is 12.3. The maximum Gasteiger partial charge on any atom is 0.240 e. The molecule has 0 aromatic heterocycles. The van der Waals surface area contributed by atoms with Crippen molar-refractivity contribution < 1.29 is 4.79 Å². The van der Waals surface area contributed by atoms with E-state index in [-0.39, 0.29) is 12.2 Å². The molecule has 19 heavy (non-hydrogen) atoms. The van der Waals surface area contributed by atoms with E-state index in [9.17, 15) is 4.79 Å². The molecule has 110 valence electrons. The van der Waals surface area contributed by atoms with Gasteiger partial charge in [0.25, 0.3) is 0 Å². The molecule has 1 aliphatic carbocycles. The van der Waals surface area contributed by atoms with E-state index in [2.05, 4.69) is 31.0 Å². The molecule has 3 nitrogen and oxygen atoms in total. The third kappa shape index (κ3) is 3.31. The largest absolute Gasteiger partial charge is 0.325 e. The minimum atomic E-state index is -0.000573. The predicted octanol–water partition coefficient (Wildman–Crippen LogP) is 3.01. The summed E-state index contributed by atoms with van der Waals surface area (Å²) in [5.41, 5.74) is 0. The Morgan fingerprint density at radius 1 is 1.21 bits per heavy atom. The average Bonchev–Trinajstić information content (AvgIpc) is 2.68. The number of carbonyl (C=O) groups excluding carboxylic acids is 1. The second-order valence-corrected chi connectivity index (χ2v) is 6.86. The lowest BCUT2D eigenvalue weighted by atomic mass is 9.80. The highest BCUT2D eigenvalue weighted by atomic mass is 16.2. The zero-order valence-corrected chi connectivity index (χ0v) is 13.0. The van der Waals surface area contributed by atoms with Crippen LogP contribution >= 0.6 is 0 Å². The molecule has 0 spiro atoms. The predicted molar refractivity (Wildman–Crippen MR) is 78.7 cm³/mol. The molecule has 2 rings (SSSR count). The molecule has 1 N–H and O–H groups in total. The van der Waals surface area contributed by atoms with Crippen LogP contribution in [0.2, 0.25) is 0 Å². The van der Waals surface area contributed by atoms with Gasteiger partial charge in [0, 0.05) is 6.54 Å². The van der Waals surface area contributed by atoms with Crippen molar-refractivity contribution in [3.8, 4) is 0 Å². The van der Waals surface area contributed by atoms with E-state index in [1.165, 1.54) is 32.1 Å². The third-order valence-electron chi connectivity index (χ3n) is 5.04. The molecule has 1 saturated heterocycles. The first-order valence-corrected chi connectivity index (χ1v) is 8.09. The van der Waals surface area contributed by atoms with Crippen LogP contribution in [0.4, 0.5) is 0 Å². The summed E-state index contributed by atoms with van der Waals surface area (Å²) in [6.45, 7) is 9.66. The van der Waals surface area contributed by atoms with E-state index < -0.39 is 0 Å². The lowest BCUT2D eigenvalue weighted by molar-refractivity contribution is -0.131. The molecule has 0 bridgehead atoms. The Morgan fingerprint density at radius 2 is 1.79 bits per heavy atom. The van der Waals surface area contributed by atoms with Gasteiger partial charge in [-0.15, -0.1) is 0 Å². The van der Waals surface area contributed by atoms with Crippen LogP contribution < -0.4 is 5.32 Å². The Labute approximate surface area is 118 Å². The minimum Gasteiger partial charge on any atom is -0.325 e. The molecule has 1 heterocycles. The van der Waals surface area contributed by atoms with Gasteiger partial charge in [-0.25, -0.2) is 0 Å². The number of nitrogens with zero attached hydrogens (tertiary/aromatic N) is 1. The van der Waals surface area contributed by atoms with E-state index in [0.717, 1.165) is 18.4 Å². The highest BCUT2D eigenvalue weighted by molar-refractivity contribution is 5.83. The van der Waals surface area contributed by atoms with Gasteiger partial charge in [-0.2, -0.15) is 0 Å². The number of hydrogen-bond donors (Lipinski definition) is 1. The first-order chi connectivity index (χ1) is 9.02. The van der Waals surface area contributed by atoms with Crippen LogP contribution in [0.5, 0.6) is 0 Å². The quantitative estimate of drug-likeness (QED) is 0.848. The fraction of sp³-hybridized carbons (Fsp3) is 0.938. The van der Waals surface area contributed by atoms with E-state index in [0.29, 0.717) is 11.8 Å². The topological polar surface area (TPSA) is 32.3 Å². The zero-order valence-electron chi connectivity index (χ0n) is 13.0. The number of nitrogens with one attached hydrogen (secondary N) is 1. The fourth-order valence-corrected chi connectivity index (χ4v) is 3.66. The van der Waals surface area contributed by atoms with Gasteiger partial charge in [0.15, 0.2) is 0 Å². The summed E-state index contributed by atoms with van der Waals surface area (Å²) in [5.74, 6) is 2.45. The van der Waals surface area contributed by atoms with Crippen molar-refractivity contribution in [3.63, 3.8) is 0 Å². The Morgan fingerprint density at radius 3 is 2.32 bits per heavy atom. The molecular weight excluding hydrogens is 236 g/mol. The summed E-state index contributed by atoms with van der Waals surface area (Å²) < 4.78 is 0. The zero-order chi connectivity index (χ0) is 14.0. The van der Waals surface area contributed by atoms with Crippen molar-refractivity contribution >= 4 is 5.91 Å². The molecule has 2 aliphatic rings. The Hall–Kier alpha value is -0.570. The molecule has 3 heteroatoms. The Kier molecular flexibility index (Phi) is 4.88. The highest BCUT2D eigenvalue weighted by Gasteiger charge is 2.38. The number of carbonyl (C=O) groups is 1. The van der Waals surface area contributed by atoms with Crippen molar-refractivity contribution in [3.05, 3.63) is 0 Å². The van der Waals surface area contributed by atoms with Gasteiger partial charge in [-0.05, 0) is 37.5 Å². The summed E-state index contributed by atoms with van der Waals surface area (Å²) in [6.07, 6.45) is 6.90. The van der Waals surface area contributed by atoms with Gasteiger partial charge in [-0.1, -0.05) is 40.0 Å². The smallest absolute Gasteiger partial charge is 0.240 e. The molecular formula is C16H30N2O. The first-order valence-electron chi connectivity index (χ1n) is 8.09. The fourth-order valence-electron chi connectivity index (χ4n) is 3.66. The molecule has 0 aromatic rings. The SMILES string of the molecule is CCC1CCC(CN2C(=O)C(C)NC2C(C)C)CC1. The van der Waals surface area contributed by atoms with Crippen LogP contribution in [0, 0.1) is 17.8 Å². The van der Waals surface area contributed by atoms with Gasteiger partial charge >= 0.3 is 0 Å². The summed E-state index contributed by atoms with van der Waals surface area (Å²) in [6, 6.07) is -0.000573. The van der Waals surface area contributed by atoms with Gasteiger partial charge in [0.1, 0.15) is 0 Å². The molecule has 1 amide bonds. The van der Waals surface area contributed by atoms with Crippen molar-refractivity contribution in [2.45, 2.75) is 72.0 Å². The van der Waals surface area contributed by atoms with Crippen molar-refractivity contribution in [1.82, 2.24) is 10.2 Å². The van der Waals surface area contributed by atoms with Crippen LogP contribution in [0.15, 0.2) is 0 Å². The average molecular weight is 266 g/mol. The van der Waals surface area contributed by atoms with E-state index in [1.54, 1.807) is 0 Å². The van der Waals surface area contributed by atoms with Crippen LogP contribution in [0.3, 0.4) is 0 Å². The number of rotatable bonds is 4. The lowest BCUT2D eigenvalue weighted by Gasteiger charge is -2.34. The van der Waals surface area contributed by atoms with Gasteiger partial charge < -0.3 is 4.90 Å². The van der Waals surface area contributed by atoms with Crippen LogP contribution in [-0.4, -0.2) is 29.6 Å². The second kappa shape index (κ2) is 6.25. The van der Waals surface area contributed by atoms with E-state index >= 15 is 0 Å². The van der Waals surface area contributed by atoms with Gasteiger partial charge in [0.05, 0.1) is 12.2 Å². The van der Waals surface area contributed by atoms with E-state index in [4.69, 9.17) is 0 Å². The molecule has 2 unspecified atom stereocenters. The lowest BCUT2D eigenvalue weighted by Crippen LogP contribution is -2.44. The first kappa shape index (κ1) is 14.8. The maximum absolute atomic E-state index is 12.3. The standard InChI is InChI=1S/C16H30N2O/c1-5-13-6-8-14(9-7-13)10-18-15(11(2)3)17-12(4)16(18)19/h11-15,17H,5-10H2,1-4H3. The molecule has 2 atom stereocenters. The van der Waals surface area contributed by atoms with Crippen molar-refractivity contribution in [1.29, 1.82) is 0 Å².